The standard InChI is InChI=1S/C15H24BN3O2/c1-14(2)15(3,4)21-16(20-14)7-5-11-10-19-8-6-12(11)13(18)9-17/h5-8,10,13H,9,17-18H2,1-4H3/b7-5+/t13-/m1/s1. The van der Waals surface area contributed by atoms with Crippen molar-refractivity contribution in [1.29, 1.82) is 0 Å². The highest BCUT2D eigenvalue weighted by atomic mass is 16.7. The first-order chi connectivity index (χ1) is 9.77. The van der Waals surface area contributed by atoms with Crippen molar-refractivity contribution in [3.05, 3.63) is 35.6 Å². The second-order valence-corrected chi connectivity index (χ2v) is 6.33. The number of nitrogens with zero attached hydrogens (tertiary/aromatic N) is 1. The van der Waals surface area contributed by atoms with Gasteiger partial charge in [-0.25, -0.2) is 0 Å². The molecule has 0 unspecified atom stereocenters. The van der Waals surface area contributed by atoms with Crippen LogP contribution in [0.3, 0.4) is 0 Å². The van der Waals surface area contributed by atoms with Crippen molar-refractivity contribution in [2.45, 2.75) is 44.9 Å². The van der Waals surface area contributed by atoms with Crippen LogP contribution in [-0.4, -0.2) is 29.8 Å². The first-order valence-electron chi connectivity index (χ1n) is 7.20. The lowest BCUT2D eigenvalue weighted by Crippen LogP contribution is -2.41. The lowest BCUT2D eigenvalue weighted by atomic mass is 9.88. The third-order valence-electron chi connectivity index (χ3n) is 4.24. The number of hydrogen-bond acceptors (Lipinski definition) is 5. The normalized spacial score (nSPS) is 21.9. The van der Waals surface area contributed by atoms with Gasteiger partial charge in [0.05, 0.1) is 11.2 Å². The molecule has 1 aromatic heterocycles. The lowest BCUT2D eigenvalue weighted by molar-refractivity contribution is 0.00578. The van der Waals surface area contributed by atoms with Gasteiger partial charge in [-0.2, -0.15) is 0 Å². The molecule has 0 spiro atoms. The maximum Gasteiger partial charge on any atom is 0.487 e. The summed E-state index contributed by atoms with van der Waals surface area (Å²) >= 11 is 0. The highest BCUT2D eigenvalue weighted by Gasteiger charge is 2.50. The molecule has 2 rings (SSSR count). The third-order valence-corrected chi connectivity index (χ3v) is 4.24. The zero-order valence-corrected chi connectivity index (χ0v) is 13.2. The molecule has 1 aromatic rings. The van der Waals surface area contributed by atoms with Crippen molar-refractivity contribution in [2.75, 3.05) is 6.54 Å². The smallest absolute Gasteiger partial charge is 0.400 e. The second-order valence-electron chi connectivity index (χ2n) is 6.33. The summed E-state index contributed by atoms with van der Waals surface area (Å²) in [7, 11) is -0.378. The van der Waals surface area contributed by atoms with Gasteiger partial charge in [0, 0.05) is 25.0 Å². The van der Waals surface area contributed by atoms with E-state index in [2.05, 4.69) is 4.98 Å². The van der Waals surface area contributed by atoms with E-state index in [1.807, 2.05) is 45.8 Å². The quantitative estimate of drug-likeness (QED) is 0.824. The summed E-state index contributed by atoms with van der Waals surface area (Å²) in [6.45, 7) is 8.50. The molecule has 0 aliphatic carbocycles. The predicted molar refractivity (Wildman–Crippen MR) is 85.3 cm³/mol. The lowest BCUT2D eigenvalue weighted by Gasteiger charge is -2.32. The van der Waals surface area contributed by atoms with Crippen LogP contribution in [0.25, 0.3) is 6.08 Å². The van der Waals surface area contributed by atoms with Crippen LogP contribution in [-0.2, 0) is 9.31 Å². The molecule has 2 heterocycles. The fraction of sp³-hybridized carbons (Fsp3) is 0.533. The average molecular weight is 289 g/mol. The maximum absolute atomic E-state index is 6.02. The Kier molecular flexibility index (Phi) is 4.53. The average Bonchev–Trinajstić information content (AvgIpc) is 2.64. The molecule has 5 nitrogen and oxygen atoms in total. The van der Waals surface area contributed by atoms with E-state index in [9.17, 15) is 0 Å². The molecule has 1 fully saturated rings. The van der Waals surface area contributed by atoms with Gasteiger partial charge in [0.2, 0.25) is 0 Å². The number of rotatable bonds is 4. The molecule has 1 aliphatic heterocycles. The van der Waals surface area contributed by atoms with E-state index < -0.39 is 0 Å². The van der Waals surface area contributed by atoms with Gasteiger partial charge in [-0.3, -0.25) is 4.98 Å². The molecule has 0 aromatic carbocycles. The Balaban J connectivity index is 2.17. The molecule has 21 heavy (non-hydrogen) atoms. The molecule has 1 atom stereocenters. The molecular weight excluding hydrogens is 265 g/mol. The van der Waals surface area contributed by atoms with E-state index in [4.69, 9.17) is 20.8 Å². The van der Waals surface area contributed by atoms with Gasteiger partial charge in [-0.1, -0.05) is 12.1 Å². The molecule has 0 amide bonds. The van der Waals surface area contributed by atoms with Crippen molar-refractivity contribution >= 4 is 13.2 Å². The number of aromatic nitrogens is 1. The number of nitrogens with two attached hydrogens (primary N) is 2. The number of pyridine rings is 1. The molecule has 0 saturated carbocycles. The molecule has 4 N–H and O–H groups in total. The van der Waals surface area contributed by atoms with Crippen LogP contribution >= 0.6 is 0 Å². The second kappa shape index (κ2) is 5.89. The fourth-order valence-corrected chi connectivity index (χ4v) is 2.17. The Labute approximate surface area is 126 Å². The van der Waals surface area contributed by atoms with E-state index in [0.717, 1.165) is 11.1 Å². The highest BCUT2D eigenvalue weighted by molar-refractivity contribution is 6.52. The summed E-state index contributed by atoms with van der Waals surface area (Å²) in [6, 6.07) is 1.69. The van der Waals surface area contributed by atoms with Crippen molar-refractivity contribution in [3.63, 3.8) is 0 Å². The summed E-state index contributed by atoms with van der Waals surface area (Å²) in [6.07, 6.45) is 5.42. The molecule has 114 valence electrons. The van der Waals surface area contributed by atoms with Crippen LogP contribution in [0.15, 0.2) is 24.4 Å². The summed E-state index contributed by atoms with van der Waals surface area (Å²) in [5.74, 6) is 1.89. The molecule has 1 aliphatic rings. The van der Waals surface area contributed by atoms with Crippen LogP contribution in [0.5, 0.6) is 0 Å². The van der Waals surface area contributed by atoms with Crippen LogP contribution in [0.4, 0.5) is 0 Å². The molecule has 6 heteroatoms. The Hall–Kier alpha value is -1.21. The van der Waals surface area contributed by atoms with Gasteiger partial charge in [-0.15, -0.1) is 0 Å². The molecule has 0 bridgehead atoms. The fourth-order valence-electron chi connectivity index (χ4n) is 2.17. The van der Waals surface area contributed by atoms with Gasteiger partial charge in [0.15, 0.2) is 0 Å². The van der Waals surface area contributed by atoms with E-state index in [1.54, 1.807) is 12.4 Å². The van der Waals surface area contributed by atoms with Crippen molar-refractivity contribution in [3.8, 4) is 0 Å². The van der Waals surface area contributed by atoms with Crippen LogP contribution in [0.2, 0.25) is 0 Å². The summed E-state index contributed by atoms with van der Waals surface area (Å²) < 4.78 is 11.9. The number of hydrogen-bond donors (Lipinski definition) is 2. The maximum atomic E-state index is 6.02. The first kappa shape index (κ1) is 16.2. The minimum atomic E-state index is -0.378. The minimum Gasteiger partial charge on any atom is -0.400 e. The summed E-state index contributed by atoms with van der Waals surface area (Å²) in [5, 5.41) is 0. The van der Waals surface area contributed by atoms with Crippen LogP contribution in [0.1, 0.15) is 44.9 Å². The van der Waals surface area contributed by atoms with Gasteiger partial charge in [-0.05, 0) is 44.9 Å². The predicted octanol–water partition coefficient (Wildman–Crippen LogP) is 1.68. The Morgan fingerprint density at radius 2 is 1.90 bits per heavy atom. The van der Waals surface area contributed by atoms with E-state index in [0.29, 0.717) is 6.54 Å². The van der Waals surface area contributed by atoms with E-state index >= 15 is 0 Å². The summed E-state index contributed by atoms with van der Waals surface area (Å²) in [5.41, 5.74) is 12.9. The third kappa shape index (κ3) is 3.35. The largest absolute Gasteiger partial charge is 0.487 e. The van der Waals surface area contributed by atoms with Crippen molar-refractivity contribution in [2.24, 2.45) is 11.5 Å². The zero-order chi connectivity index (χ0) is 15.7. The topological polar surface area (TPSA) is 83.4 Å². The van der Waals surface area contributed by atoms with E-state index in [1.165, 1.54) is 0 Å². The molecule has 0 radical (unpaired) electrons. The molecular formula is C15H24BN3O2. The summed E-state index contributed by atoms with van der Waals surface area (Å²) in [4.78, 5) is 4.14. The Morgan fingerprint density at radius 3 is 2.48 bits per heavy atom. The van der Waals surface area contributed by atoms with Crippen LogP contribution < -0.4 is 11.5 Å². The monoisotopic (exact) mass is 289 g/mol. The van der Waals surface area contributed by atoms with Crippen molar-refractivity contribution in [1.82, 2.24) is 4.98 Å². The first-order valence-corrected chi connectivity index (χ1v) is 7.20. The van der Waals surface area contributed by atoms with Crippen molar-refractivity contribution < 1.29 is 9.31 Å². The van der Waals surface area contributed by atoms with Gasteiger partial charge >= 0.3 is 7.12 Å². The van der Waals surface area contributed by atoms with Gasteiger partial charge < -0.3 is 20.8 Å². The SMILES string of the molecule is CC1(C)OB(/C=C/c2cnccc2[C@H](N)CN)OC1(C)C. The van der Waals surface area contributed by atoms with Crippen LogP contribution in [0, 0.1) is 0 Å². The molecule has 1 saturated heterocycles. The minimum absolute atomic E-state index is 0.203. The van der Waals surface area contributed by atoms with E-state index in [-0.39, 0.29) is 24.4 Å². The van der Waals surface area contributed by atoms with Gasteiger partial charge in [0.25, 0.3) is 0 Å². The zero-order valence-electron chi connectivity index (χ0n) is 13.2. The highest BCUT2D eigenvalue weighted by Crippen LogP contribution is 2.37. The van der Waals surface area contributed by atoms with Gasteiger partial charge in [0.1, 0.15) is 0 Å². The Bertz CT molecular complexity index is 515. The Morgan fingerprint density at radius 1 is 1.29 bits per heavy atom.